The molecule has 0 aromatic carbocycles. The van der Waals surface area contributed by atoms with Gasteiger partial charge in [0.2, 0.25) is 5.91 Å². The first-order valence-electron chi connectivity index (χ1n) is 8.37. The van der Waals surface area contributed by atoms with E-state index < -0.39 is 23.7 Å². The lowest BCUT2D eigenvalue weighted by Gasteiger charge is -2.40. The number of nitrogens with zero attached hydrogens (tertiary/aromatic N) is 1. The van der Waals surface area contributed by atoms with Crippen LogP contribution in [0.4, 0.5) is 4.79 Å². The zero-order chi connectivity index (χ0) is 17.9. The van der Waals surface area contributed by atoms with E-state index >= 15 is 0 Å². The summed E-state index contributed by atoms with van der Waals surface area (Å²) in [5, 5.41) is 11.6. The van der Waals surface area contributed by atoms with Gasteiger partial charge in [0.15, 0.2) is 0 Å². The number of carboxylic acid groups (broad SMARTS) is 1. The third-order valence-electron chi connectivity index (χ3n) is 4.03. The fourth-order valence-corrected chi connectivity index (χ4v) is 2.57. The predicted octanol–water partition coefficient (Wildman–Crippen LogP) is 1.92. The molecule has 24 heavy (non-hydrogen) atoms. The molecule has 0 unspecified atom stereocenters. The van der Waals surface area contributed by atoms with Gasteiger partial charge in [-0.25, -0.2) is 9.59 Å². The molecule has 2 fully saturated rings. The van der Waals surface area contributed by atoms with Crippen molar-refractivity contribution in [1.29, 1.82) is 0 Å². The molecule has 1 saturated heterocycles. The standard InChI is InChI=1S/C17H26N2O5/c1-17(2,3)24-16(23)19-9-8-13(19)15(22)18-12(6-7-14(20)21)10-11-4-5-11/h6-7,11-13H,4-5,8-10H2,1-3H3,(H,18,22)(H,20,21)/t12-,13+/m1/s1. The minimum absolute atomic E-state index is 0.257. The Bertz CT molecular complexity index is 534. The van der Waals surface area contributed by atoms with Gasteiger partial charge >= 0.3 is 12.1 Å². The van der Waals surface area contributed by atoms with Gasteiger partial charge in [-0.1, -0.05) is 18.9 Å². The van der Waals surface area contributed by atoms with Crippen molar-refractivity contribution in [2.75, 3.05) is 6.54 Å². The van der Waals surface area contributed by atoms with Gasteiger partial charge < -0.3 is 15.2 Å². The Kier molecular flexibility index (Phi) is 5.51. The minimum Gasteiger partial charge on any atom is -0.478 e. The van der Waals surface area contributed by atoms with Gasteiger partial charge in [0.05, 0.1) is 0 Å². The Morgan fingerprint density at radius 2 is 1.96 bits per heavy atom. The highest BCUT2D eigenvalue weighted by Crippen LogP contribution is 2.34. The van der Waals surface area contributed by atoms with Crippen molar-refractivity contribution in [2.45, 2.75) is 64.1 Å². The van der Waals surface area contributed by atoms with E-state index in [9.17, 15) is 14.4 Å². The fraction of sp³-hybridized carbons (Fsp3) is 0.706. The maximum absolute atomic E-state index is 12.4. The predicted molar refractivity (Wildman–Crippen MR) is 87.4 cm³/mol. The molecule has 0 bridgehead atoms. The Balaban J connectivity index is 1.91. The molecule has 2 aliphatic rings. The number of carbonyl (C=O) groups excluding carboxylic acids is 2. The van der Waals surface area contributed by atoms with E-state index in [2.05, 4.69) is 5.32 Å². The lowest BCUT2D eigenvalue weighted by molar-refractivity contribution is -0.132. The van der Waals surface area contributed by atoms with Crippen LogP contribution in [-0.2, 0) is 14.3 Å². The number of rotatable bonds is 6. The smallest absolute Gasteiger partial charge is 0.410 e. The van der Waals surface area contributed by atoms with Crippen LogP contribution in [0.25, 0.3) is 0 Å². The summed E-state index contributed by atoms with van der Waals surface area (Å²) in [5.41, 5.74) is -0.605. The average molecular weight is 338 g/mol. The van der Waals surface area contributed by atoms with Crippen LogP contribution in [0.5, 0.6) is 0 Å². The van der Waals surface area contributed by atoms with E-state index in [1.807, 2.05) is 0 Å². The second-order valence-corrected chi connectivity index (χ2v) is 7.47. The first-order valence-corrected chi connectivity index (χ1v) is 8.37. The van der Waals surface area contributed by atoms with Crippen LogP contribution in [0.15, 0.2) is 12.2 Å². The second kappa shape index (κ2) is 7.23. The van der Waals surface area contributed by atoms with Gasteiger partial charge in [-0.15, -0.1) is 0 Å². The van der Waals surface area contributed by atoms with Crippen LogP contribution >= 0.6 is 0 Å². The summed E-state index contributed by atoms with van der Waals surface area (Å²) in [7, 11) is 0. The van der Waals surface area contributed by atoms with Crippen LogP contribution < -0.4 is 5.32 Å². The summed E-state index contributed by atoms with van der Waals surface area (Å²) in [6.45, 7) is 5.83. The number of hydrogen-bond donors (Lipinski definition) is 2. The molecule has 0 aromatic rings. The second-order valence-electron chi connectivity index (χ2n) is 7.47. The highest BCUT2D eigenvalue weighted by Gasteiger charge is 2.40. The molecule has 2 atom stereocenters. The monoisotopic (exact) mass is 338 g/mol. The lowest BCUT2D eigenvalue weighted by atomic mass is 10.0. The molecule has 1 aliphatic carbocycles. The molecule has 2 amide bonds. The van der Waals surface area contributed by atoms with E-state index in [1.54, 1.807) is 20.8 Å². The van der Waals surface area contributed by atoms with E-state index in [-0.39, 0.29) is 11.9 Å². The third-order valence-corrected chi connectivity index (χ3v) is 4.03. The molecule has 134 valence electrons. The van der Waals surface area contributed by atoms with Crippen molar-refractivity contribution in [1.82, 2.24) is 10.2 Å². The molecular weight excluding hydrogens is 312 g/mol. The number of ether oxygens (including phenoxy) is 1. The van der Waals surface area contributed by atoms with E-state index in [0.717, 1.165) is 25.3 Å². The average Bonchev–Trinajstić information content (AvgIpc) is 3.15. The minimum atomic E-state index is -1.04. The molecule has 7 nitrogen and oxygen atoms in total. The summed E-state index contributed by atoms with van der Waals surface area (Å²) in [4.78, 5) is 36.6. The first-order chi connectivity index (χ1) is 11.2. The third kappa shape index (κ3) is 5.54. The maximum atomic E-state index is 12.4. The van der Waals surface area contributed by atoms with Gasteiger partial charge in [0.1, 0.15) is 11.6 Å². The molecule has 2 N–H and O–H groups in total. The molecule has 0 radical (unpaired) electrons. The summed E-state index contributed by atoms with van der Waals surface area (Å²) < 4.78 is 5.30. The SMILES string of the molecule is CC(C)(C)OC(=O)N1CC[C@H]1C(=O)N[C@H](C=CC(=O)O)CC1CC1. The Hall–Kier alpha value is -2.05. The van der Waals surface area contributed by atoms with E-state index in [0.29, 0.717) is 18.9 Å². The topological polar surface area (TPSA) is 95.9 Å². The van der Waals surface area contributed by atoms with Crippen LogP contribution in [0.1, 0.15) is 46.5 Å². The highest BCUT2D eigenvalue weighted by molar-refractivity contribution is 5.88. The number of carboxylic acids is 1. The van der Waals surface area contributed by atoms with Gasteiger partial charge in [-0.05, 0) is 39.5 Å². The Morgan fingerprint density at radius 1 is 1.29 bits per heavy atom. The van der Waals surface area contributed by atoms with Gasteiger partial charge in [-0.2, -0.15) is 0 Å². The van der Waals surface area contributed by atoms with Crippen molar-refractivity contribution in [3.05, 3.63) is 12.2 Å². The molecule has 1 saturated carbocycles. The number of aliphatic carboxylic acids is 1. The van der Waals surface area contributed by atoms with E-state index in [4.69, 9.17) is 9.84 Å². The summed E-state index contributed by atoms with van der Waals surface area (Å²) in [6, 6.07) is -0.859. The highest BCUT2D eigenvalue weighted by atomic mass is 16.6. The van der Waals surface area contributed by atoms with Crippen molar-refractivity contribution in [3.63, 3.8) is 0 Å². The molecular formula is C17H26N2O5. The molecule has 0 spiro atoms. The number of likely N-dealkylation sites (tertiary alicyclic amines) is 1. The first kappa shape index (κ1) is 18.3. The number of hydrogen-bond acceptors (Lipinski definition) is 4. The quantitative estimate of drug-likeness (QED) is 0.721. The zero-order valence-corrected chi connectivity index (χ0v) is 14.4. The van der Waals surface area contributed by atoms with Gasteiger partial charge in [0, 0.05) is 18.7 Å². The Morgan fingerprint density at radius 3 is 2.42 bits per heavy atom. The number of nitrogens with one attached hydrogen (secondary N) is 1. The maximum Gasteiger partial charge on any atom is 0.410 e. The van der Waals surface area contributed by atoms with Crippen LogP contribution in [0.3, 0.4) is 0 Å². The van der Waals surface area contributed by atoms with Crippen molar-refractivity contribution < 1.29 is 24.2 Å². The van der Waals surface area contributed by atoms with Crippen molar-refractivity contribution in [3.8, 4) is 0 Å². The Labute approximate surface area is 142 Å². The normalized spacial score (nSPS) is 22.0. The van der Waals surface area contributed by atoms with Crippen LogP contribution in [0, 0.1) is 5.92 Å². The van der Waals surface area contributed by atoms with Crippen LogP contribution in [0.2, 0.25) is 0 Å². The molecule has 7 heteroatoms. The number of amides is 2. The van der Waals surface area contributed by atoms with Crippen molar-refractivity contribution in [2.24, 2.45) is 5.92 Å². The van der Waals surface area contributed by atoms with Gasteiger partial charge in [0.25, 0.3) is 0 Å². The molecule has 1 heterocycles. The number of carbonyl (C=O) groups is 3. The fourth-order valence-electron chi connectivity index (χ4n) is 2.57. The summed E-state index contributed by atoms with van der Waals surface area (Å²) in [6.07, 6.45) is 5.61. The molecule has 2 rings (SSSR count). The molecule has 1 aliphatic heterocycles. The lowest BCUT2D eigenvalue weighted by Crippen LogP contribution is -2.60. The van der Waals surface area contributed by atoms with Crippen molar-refractivity contribution >= 4 is 18.0 Å². The molecule has 0 aromatic heterocycles. The summed E-state index contributed by atoms with van der Waals surface area (Å²) >= 11 is 0. The largest absolute Gasteiger partial charge is 0.478 e. The van der Waals surface area contributed by atoms with Crippen LogP contribution in [-0.4, -0.2) is 52.2 Å². The van der Waals surface area contributed by atoms with Gasteiger partial charge in [-0.3, -0.25) is 9.69 Å². The summed E-state index contributed by atoms with van der Waals surface area (Å²) in [5.74, 6) is -0.756. The zero-order valence-electron chi connectivity index (χ0n) is 14.4. The van der Waals surface area contributed by atoms with E-state index in [1.165, 1.54) is 11.0 Å².